The number of sulfonamides is 1. The van der Waals surface area contributed by atoms with Crippen LogP contribution in [0.4, 0.5) is 0 Å². The van der Waals surface area contributed by atoms with Crippen LogP contribution in [0, 0.1) is 12.3 Å². The molecule has 106 valence electrons. The van der Waals surface area contributed by atoms with Gasteiger partial charge in [-0.25, -0.2) is 0 Å². The minimum Gasteiger partial charge on any atom is -0.199 e. The zero-order chi connectivity index (χ0) is 14.1. The molecule has 1 aliphatic heterocycles. The maximum Gasteiger partial charge on any atom is 0.287 e. The molecular formula is C14H21NO2S2. The van der Waals surface area contributed by atoms with Crippen molar-refractivity contribution >= 4 is 20.7 Å². The first-order valence-corrected chi connectivity index (χ1v) is 9.47. The Kier molecular flexibility index (Phi) is 4.16. The highest BCUT2D eigenvalue weighted by atomic mass is 32.3. The van der Waals surface area contributed by atoms with Crippen LogP contribution < -0.4 is 0 Å². The summed E-state index contributed by atoms with van der Waals surface area (Å²) in [4.78, 5) is 0.315. The van der Waals surface area contributed by atoms with E-state index in [1.165, 1.54) is 0 Å². The van der Waals surface area contributed by atoms with Gasteiger partial charge in [-0.1, -0.05) is 42.2 Å². The second-order valence-corrected chi connectivity index (χ2v) is 9.66. The molecule has 0 bridgehead atoms. The minimum absolute atomic E-state index is 0.315. The van der Waals surface area contributed by atoms with E-state index in [0.717, 1.165) is 29.9 Å². The van der Waals surface area contributed by atoms with E-state index in [0.29, 0.717) is 10.3 Å². The Bertz CT molecular complexity index is 574. The van der Waals surface area contributed by atoms with Crippen molar-refractivity contribution in [3.63, 3.8) is 0 Å². The Hall–Kier alpha value is -0.680. The average Bonchev–Trinajstić information content (AvgIpc) is 2.32. The van der Waals surface area contributed by atoms with Crippen molar-refractivity contribution in [2.24, 2.45) is 9.18 Å². The standard InChI is InChI=1S/C14H21NO2S2/c1-12-4-6-13(7-5-12)19(16,17)15-18-10-8-14(2,3)9-11-18/h4-7H,8-11H2,1-3H3. The zero-order valence-electron chi connectivity index (χ0n) is 11.7. The SMILES string of the molecule is Cc1ccc(S(=O)(=O)N=S2CCC(C)(C)CC2)cc1. The Morgan fingerprint density at radius 2 is 1.63 bits per heavy atom. The lowest BCUT2D eigenvalue weighted by atomic mass is 9.87. The fourth-order valence-electron chi connectivity index (χ4n) is 1.98. The summed E-state index contributed by atoms with van der Waals surface area (Å²) in [5.41, 5.74) is 1.40. The van der Waals surface area contributed by atoms with Gasteiger partial charge in [-0.15, -0.1) is 3.77 Å². The number of aryl methyl sites for hydroxylation is 1. The number of rotatable bonds is 2. The molecule has 1 aromatic carbocycles. The first kappa shape index (κ1) is 14.7. The van der Waals surface area contributed by atoms with Gasteiger partial charge in [0.25, 0.3) is 10.0 Å². The van der Waals surface area contributed by atoms with Crippen LogP contribution in [0.25, 0.3) is 0 Å². The predicted octanol–water partition coefficient (Wildman–Crippen LogP) is 3.31. The smallest absolute Gasteiger partial charge is 0.199 e. The van der Waals surface area contributed by atoms with E-state index >= 15 is 0 Å². The van der Waals surface area contributed by atoms with Gasteiger partial charge in [-0.3, -0.25) is 0 Å². The van der Waals surface area contributed by atoms with E-state index < -0.39 is 10.0 Å². The van der Waals surface area contributed by atoms with Gasteiger partial charge < -0.3 is 0 Å². The Morgan fingerprint density at radius 3 is 2.16 bits per heavy atom. The predicted molar refractivity (Wildman–Crippen MR) is 80.9 cm³/mol. The van der Waals surface area contributed by atoms with Crippen LogP contribution in [0.1, 0.15) is 32.3 Å². The Labute approximate surface area is 118 Å². The van der Waals surface area contributed by atoms with Crippen LogP contribution in [-0.4, -0.2) is 19.9 Å². The molecule has 19 heavy (non-hydrogen) atoms. The molecular weight excluding hydrogens is 278 g/mol. The highest BCUT2D eigenvalue weighted by Gasteiger charge is 2.25. The lowest BCUT2D eigenvalue weighted by molar-refractivity contribution is 0.335. The molecule has 1 aromatic rings. The molecule has 1 heterocycles. The van der Waals surface area contributed by atoms with Gasteiger partial charge in [-0.05, 0) is 37.3 Å². The molecule has 1 fully saturated rings. The summed E-state index contributed by atoms with van der Waals surface area (Å²) in [5, 5.41) is 0. The average molecular weight is 299 g/mol. The molecule has 0 N–H and O–H groups in total. The summed E-state index contributed by atoms with van der Waals surface area (Å²) in [7, 11) is -3.81. The van der Waals surface area contributed by atoms with E-state index in [9.17, 15) is 8.42 Å². The van der Waals surface area contributed by atoms with Crippen molar-refractivity contribution in [2.45, 2.75) is 38.5 Å². The number of nitrogens with zero attached hydrogens (tertiary/aromatic N) is 1. The van der Waals surface area contributed by atoms with Gasteiger partial charge in [0.2, 0.25) is 0 Å². The number of hydrogen-bond acceptors (Lipinski definition) is 2. The lowest BCUT2D eigenvalue weighted by Crippen LogP contribution is -2.25. The van der Waals surface area contributed by atoms with Crippen LogP contribution in [0.5, 0.6) is 0 Å². The van der Waals surface area contributed by atoms with E-state index in [-0.39, 0.29) is 10.7 Å². The Morgan fingerprint density at radius 1 is 1.11 bits per heavy atom. The van der Waals surface area contributed by atoms with Gasteiger partial charge in [-0.2, -0.15) is 8.42 Å². The molecule has 0 unspecified atom stereocenters. The topological polar surface area (TPSA) is 46.5 Å². The summed E-state index contributed by atoms with van der Waals surface area (Å²) >= 11 is 0. The monoisotopic (exact) mass is 299 g/mol. The quantitative estimate of drug-likeness (QED) is 0.841. The molecule has 0 aromatic heterocycles. The van der Waals surface area contributed by atoms with E-state index in [1.54, 1.807) is 12.1 Å². The molecule has 1 saturated heterocycles. The summed E-state index contributed by atoms with van der Waals surface area (Å²) < 4.78 is 28.6. The fraction of sp³-hybridized carbons (Fsp3) is 0.571. The summed E-state index contributed by atoms with van der Waals surface area (Å²) in [6.45, 7) is 6.42. The summed E-state index contributed by atoms with van der Waals surface area (Å²) in [6, 6.07) is 6.92. The van der Waals surface area contributed by atoms with Gasteiger partial charge in [0.05, 0.1) is 4.90 Å². The van der Waals surface area contributed by atoms with Crippen LogP contribution in [0.2, 0.25) is 0 Å². The summed E-state index contributed by atoms with van der Waals surface area (Å²) in [5.74, 6) is 1.80. The van der Waals surface area contributed by atoms with Crippen molar-refractivity contribution in [1.29, 1.82) is 0 Å². The first-order valence-electron chi connectivity index (χ1n) is 6.51. The van der Waals surface area contributed by atoms with E-state index in [2.05, 4.69) is 17.6 Å². The zero-order valence-corrected chi connectivity index (χ0v) is 13.4. The largest absolute Gasteiger partial charge is 0.287 e. The number of hydrogen-bond donors (Lipinski definition) is 0. The molecule has 3 nitrogen and oxygen atoms in total. The molecule has 0 amide bonds. The van der Waals surface area contributed by atoms with Gasteiger partial charge in [0, 0.05) is 11.5 Å². The third kappa shape index (κ3) is 3.89. The minimum atomic E-state index is -3.48. The molecule has 0 radical (unpaired) electrons. The normalized spacial score (nSPS) is 20.2. The fourth-order valence-corrected chi connectivity index (χ4v) is 6.29. The molecule has 2 rings (SSSR count). The third-order valence-electron chi connectivity index (χ3n) is 3.55. The van der Waals surface area contributed by atoms with Crippen molar-refractivity contribution in [1.82, 2.24) is 0 Å². The van der Waals surface area contributed by atoms with Gasteiger partial charge in [0.15, 0.2) is 0 Å². The molecule has 5 heteroatoms. The van der Waals surface area contributed by atoms with Gasteiger partial charge in [0.1, 0.15) is 0 Å². The van der Waals surface area contributed by atoms with Crippen molar-refractivity contribution in [3.05, 3.63) is 29.8 Å². The molecule has 0 saturated carbocycles. The Balaban J connectivity index is 2.20. The molecule has 0 spiro atoms. The number of benzene rings is 1. The second-order valence-electron chi connectivity index (χ2n) is 5.90. The second kappa shape index (κ2) is 5.37. The summed E-state index contributed by atoms with van der Waals surface area (Å²) in [6.07, 6.45) is 2.12. The molecule has 0 aliphatic carbocycles. The molecule has 1 aliphatic rings. The van der Waals surface area contributed by atoms with Crippen LogP contribution in [-0.2, 0) is 20.7 Å². The van der Waals surface area contributed by atoms with Crippen LogP contribution in [0.15, 0.2) is 32.9 Å². The van der Waals surface area contributed by atoms with Crippen molar-refractivity contribution < 1.29 is 8.42 Å². The first-order chi connectivity index (χ1) is 8.78. The highest BCUT2D eigenvalue weighted by Crippen LogP contribution is 2.31. The van der Waals surface area contributed by atoms with Crippen molar-refractivity contribution in [2.75, 3.05) is 11.5 Å². The van der Waals surface area contributed by atoms with Crippen LogP contribution >= 0.6 is 0 Å². The highest BCUT2D eigenvalue weighted by molar-refractivity contribution is 8.00. The maximum absolute atomic E-state index is 12.2. The maximum atomic E-state index is 12.2. The third-order valence-corrected chi connectivity index (χ3v) is 7.40. The molecule has 0 atom stereocenters. The van der Waals surface area contributed by atoms with Gasteiger partial charge >= 0.3 is 0 Å². The van der Waals surface area contributed by atoms with Crippen molar-refractivity contribution in [3.8, 4) is 0 Å². The van der Waals surface area contributed by atoms with E-state index in [1.807, 2.05) is 19.1 Å². The van der Waals surface area contributed by atoms with Crippen LogP contribution in [0.3, 0.4) is 0 Å². The lowest BCUT2D eigenvalue weighted by Gasteiger charge is -2.30. The van der Waals surface area contributed by atoms with E-state index in [4.69, 9.17) is 0 Å².